The highest BCUT2D eigenvalue weighted by Gasteiger charge is 2.22. The van der Waals surface area contributed by atoms with Gasteiger partial charge in [-0.25, -0.2) is 4.98 Å². The number of rotatable bonds is 3. The molecule has 0 bridgehead atoms. The van der Waals surface area contributed by atoms with Crippen LogP contribution in [0.15, 0.2) is 0 Å². The van der Waals surface area contributed by atoms with E-state index in [1.807, 2.05) is 6.92 Å². The Bertz CT molecular complexity index is 322. The van der Waals surface area contributed by atoms with E-state index in [2.05, 4.69) is 11.9 Å². The molecule has 0 radical (unpaired) electrons. The summed E-state index contributed by atoms with van der Waals surface area (Å²) in [6.07, 6.45) is 6.90. The minimum absolute atomic E-state index is 0.176. The van der Waals surface area contributed by atoms with Gasteiger partial charge in [0.15, 0.2) is 0 Å². The molecule has 0 spiro atoms. The topological polar surface area (TPSA) is 33.1 Å². The minimum atomic E-state index is -0.176. The van der Waals surface area contributed by atoms with Gasteiger partial charge < -0.3 is 5.11 Å². The van der Waals surface area contributed by atoms with E-state index in [9.17, 15) is 5.11 Å². The molecular formula is C13H21NOS. The quantitative estimate of drug-likeness (QED) is 0.878. The van der Waals surface area contributed by atoms with Crippen LogP contribution in [-0.4, -0.2) is 16.2 Å². The second-order valence-electron chi connectivity index (χ2n) is 4.92. The first-order valence-corrected chi connectivity index (χ1v) is 7.09. The number of hydrogen-bond acceptors (Lipinski definition) is 3. The second kappa shape index (κ2) is 5.28. The third-order valence-corrected chi connectivity index (χ3v) is 4.75. The van der Waals surface area contributed by atoms with Crippen LogP contribution in [0.3, 0.4) is 0 Å². The monoisotopic (exact) mass is 239 g/mol. The number of aliphatic hydroxyl groups is 1. The van der Waals surface area contributed by atoms with Crippen LogP contribution in [0, 0.1) is 19.8 Å². The van der Waals surface area contributed by atoms with Crippen molar-refractivity contribution >= 4 is 11.3 Å². The lowest BCUT2D eigenvalue weighted by molar-refractivity contribution is 0.0850. The van der Waals surface area contributed by atoms with Gasteiger partial charge in [0.1, 0.15) is 0 Å². The van der Waals surface area contributed by atoms with Gasteiger partial charge in [0, 0.05) is 11.3 Å². The molecule has 3 heteroatoms. The number of aromatic nitrogens is 1. The molecule has 2 nitrogen and oxygen atoms in total. The molecule has 1 atom stereocenters. The van der Waals surface area contributed by atoms with Crippen molar-refractivity contribution in [2.45, 2.75) is 58.5 Å². The van der Waals surface area contributed by atoms with Crippen LogP contribution >= 0.6 is 11.3 Å². The van der Waals surface area contributed by atoms with Gasteiger partial charge in [0.2, 0.25) is 0 Å². The van der Waals surface area contributed by atoms with Crippen LogP contribution < -0.4 is 0 Å². The predicted octanol–water partition coefficient (Wildman–Crippen LogP) is 3.24. The van der Waals surface area contributed by atoms with Crippen molar-refractivity contribution in [3.05, 3.63) is 15.6 Å². The molecule has 0 amide bonds. The van der Waals surface area contributed by atoms with Crippen LogP contribution in [0.1, 0.15) is 47.7 Å². The fourth-order valence-corrected chi connectivity index (χ4v) is 3.47. The summed E-state index contributed by atoms with van der Waals surface area (Å²) in [5, 5.41) is 11.3. The molecule has 2 rings (SSSR count). The molecule has 1 unspecified atom stereocenters. The molecule has 0 saturated heterocycles. The molecule has 1 heterocycles. The van der Waals surface area contributed by atoms with Crippen LogP contribution in [0.25, 0.3) is 0 Å². The number of nitrogens with zero attached hydrogens (tertiary/aromatic N) is 1. The van der Waals surface area contributed by atoms with E-state index >= 15 is 0 Å². The average molecular weight is 239 g/mol. The lowest BCUT2D eigenvalue weighted by atomic mass is 9.84. The number of aryl methyl sites for hydroxylation is 2. The second-order valence-corrected chi connectivity index (χ2v) is 6.21. The van der Waals surface area contributed by atoms with Crippen molar-refractivity contribution in [3.63, 3.8) is 0 Å². The van der Waals surface area contributed by atoms with Crippen molar-refractivity contribution < 1.29 is 5.11 Å². The van der Waals surface area contributed by atoms with Crippen LogP contribution in [0.4, 0.5) is 0 Å². The lowest BCUT2D eigenvalue weighted by Crippen LogP contribution is -2.24. The van der Waals surface area contributed by atoms with E-state index in [1.165, 1.54) is 37.0 Å². The Hall–Kier alpha value is -0.410. The number of aliphatic hydroxyl groups excluding tert-OH is 1. The maximum Gasteiger partial charge on any atom is 0.0956 e. The molecule has 1 fully saturated rings. The Morgan fingerprint density at radius 3 is 2.56 bits per heavy atom. The van der Waals surface area contributed by atoms with Gasteiger partial charge in [-0.15, -0.1) is 11.3 Å². The summed E-state index contributed by atoms with van der Waals surface area (Å²) in [7, 11) is 0. The van der Waals surface area contributed by atoms with E-state index in [0.717, 1.165) is 17.1 Å². The summed E-state index contributed by atoms with van der Waals surface area (Å²) in [6, 6.07) is 0. The largest absolute Gasteiger partial charge is 0.392 e. The average Bonchev–Trinajstić information content (AvgIpc) is 2.59. The summed E-state index contributed by atoms with van der Waals surface area (Å²) < 4.78 is 0. The van der Waals surface area contributed by atoms with Crippen molar-refractivity contribution in [3.8, 4) is 0 Å². The molecule has 90 valence electrons. The smallest absolute Gasteiger partial charge is 0.0956 e. The fraction of sp³-hybridized carbons (Fsp3) is 0.769. The van der Waals surface area contributed by atoms with Crippen LogP contribution in [0.2, 0.25) is 0 Å². The van der Waals surface area contributed by atoms with Gasteiger partial charge in [-0.3, -0.25) is 0 Å². The Morgan fingerprint density at radius 2 is 2.00 bits per heavy atom. The Kier molecular flexibility index (Phi) is 3.98. The molecule has 1 aromatic heterocycles. The highest BCUT2D eigenvalue weighted by atomic mass is 32.1. The van der Waals surface area contributed by atoms with E-state index < -0.39 is 0 Å². The van der Waals surface area contributed by atoms with Crippen LogP contribution in [-0.2, 0) is 6.42 Å². The summed E-state index contributed by atoms with van der Waals surface area (Å²) in [5.74, 6) is 0.512. The van der Waals surface area contributed by atoms with Crippen molar-refractivity contribution in [2.75, 3.05) is 0 Å². The molecule has 0 aliphatic heterocycles. The van der Waals surface area contributed by atoms with Crippen LogP contribution in [0.5, 0.6) is 0 Å². The van der Waals surface area contributed by atoms with E-state index in [0.29, 0.717) is 5.92 Å². The number of hydrogen-bond donors (Lipinski definition) is 1. The predicted molar refractivity (Wildman–Crippen MR) is 67.9 cm³/mol. The zero-order valence-corrected chi connectivity index (χ0v) is 11.0. The molecule has 1 aromatic rings. The van der Waals surface area contributed by atoms with E-state index in [1.54, 1.807) is 11.3 Å². The number of thiazole rings is 1. The first-order chi connectivity index (χ1) is 7.66. The van der Waals surface area contributed by atoms with Gasteiger partial charge in [-0.05, 0) is 32.6 Å². The van der Waals surface area contributed by atoms with Crippen molar-refractivity contribution in [1.82, 2.24) is 4.98 Å². The summed E-state index contributed by atoms with van der Waals surface area (Å²) in [4.78, 5) is 5.79. The zero-order chi connectivity index (χ0) is 11.5. The highest BCUT2D eigenvalue weighted by molar-refractivity contribution is 7.11. The molecule has 1 N–H and O–H groups in total. The fourth-order valence-electron chi connectivity index (χ4n) is 2.49. The van der Waals surface area contributed by atoms with Gasteiger partial charge in [0.05, 0.1) is 16.8 Å². The SMILES string of the molecule is Cc1nc(CC(O)C2CCCCC2)sc1C. The normalized spacial score (nSPS) is 19.9. The third kappa shape index (κ3) is 2.83. The minimum Gasteiger partial charge on any atom is -0.392 e. The van der Waals surface area contributed by atoms with Gasteiger partial charge >= 0.3 is 0 Å². The first kappa shape index (κ1) is 12.1. The Balaban J connectivity index is 1.93. The van der Waals surface area contributed by atoms with Gasteiger partial charge in [0.25, 0.3) is 0 Å². The maximum atomic E-state index is 10.2. The van der Waals surface area contributed by atoms with Gasteiger partial charge in [-0.1, -0.05) is 19.3 Å². The molecule has 1 saturated carbocycles. The molecular weight excluding hydrogens is 218 g/mol. The zero-order valence-electron chi connectivity index (χ0n) is 10.2. The maximum absolute atomic E-state index is 10.2. The molecule has 16 heavy (non-hydrogen) atoms. The lowest BCUT2D eigenvalue weighted by Gasteiger charge is -2.25. The van der Waals surface area contributed by atoms with Crippen molar-refractivity contribution in [2.24, 2.45) is 5.92 Å². The van der Waals surface area contributed by atoms with Gasteiger partial charge in [-0.2, -0.15) is 0 Å². The standard InChI is InChI=1S/C13H21NOS/c1-9-10(2)16-13(14-9)8-12(15)11-6-4-3-5-7-11/h11-12,15H,3-8H2,1-2H3. The van der Waals surface area contributed by atoms with E-state index in [4.69, 9.17) is 0 Å². The third-order valence-electron chi connectivity index (χ3n) is 3.65. The Morgan fingerprint density at radius 1 is 1.31 bits per heavy atom. The van der Waals surface area contributed by atoms with E-state index in [-0.39, 0.29) is 6.10 Å². The molecule has 1 aliphatic rings. The highest BCUT2D eigenvalue weighted by Crippen LogP contribution is 2.29. The summed E-state index contributed by atoms with van der Waals surface area (Å²) in [6.45, 7) is 4.14. The van der Waals surface area contributed by atoms with Crippen molar-refractivity contribution in [1.29, 1.82) is 0 Å². The summed E-state index contributed by atoms with van der Waals surface area (Å²) >= 11 is 1.74. The molecule has 1 aliphatic carbocycles. The first-order valence-electron chi connectivity index (χ1n) is 6.28. The molecule has 0 aromatic carbocycles. The summed E-state index contributed by atoms with van der Waals surface area (Å²) in [5.41, 5.74) is 1.12. The Labute approximate surface area is 102 Å².